The summed E-state index contributed by atoms with van der Waals surface area (Å²) in [5.74, 6) is -5.26. The number of amides is 8. The molecule has 2 fully saturated rings. The summed E-state index contributed by atoms with van der Waals surface area (Å²) >= 11 is 10.2. The van der Waals surface area contributed by atoms with Crippen LogP contribution in [-0.4, -0.2) is 133 Å². The molecule has 21 nitrogen and oxygen atoms in total. The Balaban J connectivity index is 1.07. The van der Waals surface area contributed by atoms with Crippen LogP contribution >= 0.6 is 46.0 Å². The summed E-state index contributed by atoms with van der Waals surface area (Å²) in [7, 11) is 0. The molecule has 77 heavy (non-hydrogen) atoms. The van der Waals surface area contributed by atoms with Crippen LogP contribution in [0.25, 0.3) is 15.4 Å². The molecular formula is C52H60ClN13O8S3. The van der Waals surface area contributed by atoms with Crippen molar-refractivity contribution in [1.29, 1.82) is 0 Å². The third-order valence-electron chi connectivity index (χ3n) is 13.5. The third-order valence-corrected chi connectivity index (χ3v) is 17.0. The van der Waals surface area contributed by atoms with Gasteiger partial charge >= 0.3 is 0 Å². The quantitative estimate of drug-likeness (QED) is 0.118. The Bertz CT molecular complexity index is 3150. The lowest BCUT2D eigenvalue weighted by atomic mass is 9.85. The number of hydrogen-bond donors (Lipinski definition) is 7. The number of aryl methyl sites for hydroxylation is 3. The number of thioether (sulfide) groups is 1. The molecule has 5 aromatic rings. The van der Waals surface area contributed by atoms with Gasteiger partial charge in [0.1, 0.15) is 47.1 Å². The van der Waals surface area contributed by atoms with Crippen molar-refractivity contribution in [1.82, 2.24) is 56.5 Å². The van der Waals surface area contributed by atoms with E-state index in [1.54, 1.807) is 80.9 Å². The highest BCUT2D eigenvalue weighted by atomic mass is 35.5. The molecule has 0 spiro atoms. The lowest BCUT2D eigenvalue weighted by molar-refractivity contribution is -0.144. The Morgan fingerprint density at radius 2 is 1.58 bits per heavy atom. The molecule has 1 unspecified atom stereocenters. The summed E-state index contributed by atoms with van der Waals surface area (Å²) in [6.45, 7) is 12.0. The van der Waals surface area contributed by atoms with E-state index in [1.165, 1.54) is 16.2 Å². The van der Waals surface area contributed by atoms with E-state index in [0.717, 1.165) is 54.5 Å². The standard InChI is InChI=1S/C52H60ClN13O8S3/c1-25-27(3)77-51-40(25)41(29-14-16-32(53)17-15-29)59-33(46-64-63-28(4)66(46)51)19-37(67)55-20-34-47(71)60-35(45(54)70)22-75-23-39(69)61-44(52(5,6)7)50(74)65-18-8-9-36(65)48(72)62-42(49(73)56-21-38(68)58-34)30-10-12-31(13-11-30)43-26(2)57-24-76-43/h10-17,24,33-36,42,44H,8-9,18-23H2,1-7H3,(H2,54,70)(H,55,67)(H,56,73)(H,58,68)(H,60,71)(H,61,69)(H,62,72)/t33-,34+,35+,36-,42+,44?/m0/s1. The zero-order valence-electron chi connectivity index (χ0n) is 43.4. The van der Waals surface area contributed by atoms with Crippen molar-refractivity contribution in [3.8, 4) is 15.4 Å². The number of carbonyl (C=O) groups excluding carboxylic acids is 8. The molecule has 2 aromatic carbocycles. The van der Waals surface area contributed by atoms with Crippen LogP contribution in [0.2, 0.25) is 5.02 Å². The molecule has 25 heteroatoms. The largest absolute Gasteiger partial charge is 0.368 e. The minimum atomic E-state index is -1.55. The first-order valence-corrected chi connectivity index (χ1v) is 28.1. The van der Waals surface area contributed by atoms with Crippen molar-refractivity contribution in [2.45, 2.75) is 104 Å². The van der Waals surface area contributed by atoms with E-state index in [1.807, 2.05) is 37.5 Å². The third kappa shape index (κ3) is 12.7. The number of benzene rings is 2. The number of rotatable bonds is 8. The van der Waals surface area contributed by atoms with E-state index < -0.39 is 102 Å². The maximum atomic E-state index is 14.4. The van der Waals surface area contributed by atoms with Gasteiger partial charge in [0.2, 0.25) is 47.3 Å². The van der Waals surface area contributed by atoms with E-state index >= 15 is 0 Å². The van der Waals surface area contributed by atoms with Gasteiger partial charge in [-0.15, -0.1) is 44.6 Å². The molecule has 0 saturated carbocycles. The van der Waals surface area contributed by atoms with Gasteiger partial charge in [-0.2, -0.15) is 0 Å². The summed E-state index contributed by atoms with van der Waals surface area (Å²) in [4.78, 5) is 124. The van der Waals surface area contributed by atoms with Crippen LogP contribution in [0.15, 0.2) is 59.0 Å². The van der Waals surface area contributed by atoms with Gasteiger partial charge in [-0.3, -0.25) is 47.9 Å². The molecule has 406 valence electrons. The smallest absolute Gasteiger partial charge is 0.247 e. The van der Waals surface area contributed by atoms with Crippen molar-refractivity contribution in [3.63, 3.8) is 0 Å². The van der Waals surface area contributed by atoms with Gasteiger partial charge in [0.05, 0.1) is 40.5 Å². The molecule has 0 radical (unpaired) electrons. The average molecular weight is 1130 g/mol. The number of nitrogens with zero attached hydrogens (tertiary/aromatic N) is 6. The maximum Gasteiger partial charge on any atom is 0.247 e. The second-order valence-electron chi connectivity index (χ2n) is 20.1. The number of fused-ring (bicyclic) bond motifs is 4. The molecule has 6 heterocycles. The van der Waals surface area contributed by atoms with Crippen molar-refractivity contribution in [2.24, 2.45) is 16.1 Å². The first-order chi connectivity index (χ1) is 36.6. The van der Waals surface area contributed by atoms with Crippen LogP contribution in [0.4, 0.5) is 0 Å². The van der Waals surface area contributed by atoms with E-state index in [0.29, 0.717) is 34.4 Å². The van der Waals surface area contributed by atoms with Crippen LogP contribution in [0.1, 0.15) is 96.6 Å². The summed E-state index contributed by atoms with van der Waals surface area (Å²) < 4.78 is 1.88. The zero-order valence-corrected chi connectivity index (χ0v) is 46.7. The van der Waals surface area contributed by atoms with Gasteiger partial charge in [0, 0.05) is 39.9 Å². The fraction of sp³-hybridized carbons (Fsp3) is 0.423. The molecule has 0 aliphatic carbocycles. The second kappa shape index (κ2) is 23.7. The van der Waals surface area contributed by atoms with Crippen molar-refractivity contribution < 1.29 is 38.4 Å². The fourth-order valence-corrected chi connectivity index (χ4v) is 12.3. The summed E-state index contributed by atoms with van der Waals surface area (Å²) in [5, 5.41) is 26.3. The molecule has 8 N–H and O–H groups in total. The number of thiazole rings is 1. The van der Waals surface area contributed by atoms with Crippen molar-refractivity contribution >= 4 is 99.0 Å². The number of aromatic nitrogens is 4. The van der Waals surface area contributed by atoms with Gasteiger partial charge in [-0.25, -0.2) is 4.98 Å². The molecule has 2 saturated heterocycles. The van der Waals surface area contributed by atoms with Gasteiger partial charge in [-0.05, 0) is 74.8 Å². The number of hydrogen-bond acceptors (Lipinski definition) is 15. The highest BCUT2D eigenvalue weighted by molar-refractivity contribution is 8.00. The van der Waals surface area contributed by atoms with E-state index in [4.69, 9.17) is 22.3 Å². The normalized spacial score (nSPS) is 22.1. The van der Waals surface area contributed by atoms with Crippen LogP contribution in [0, 0.1) is 33.1 Å². The molecule has 8 amide bonds. The molecule has 6 atom stereocenters. The van der Waals surface area contributed by atoms with Crippen LogP contribution in [0.3, 0.4) is 0 Å². The van der Waals surface area contributed by atoms with E-state index in [2.05, 4.69) is 47.1 Å². The molecule has 3 aromatic heterocycles. The number of nitrogens with one attached hydrogen (secondary N) is 6. The Morgan fingerprint density at radius 1 is 0.870 bits per heavy atom. The number of carbonyl (C=O) groups is 8. The maximum absolute atomic E-state index is 14.4. The SMILES string of the molecule is Cc1ncsc1-c1ccc([C@H]2NC(=O)[C@@H]3CCCN3C(=O)C(C(C)(C)C)NC(=O)CSC[C@H](C(N)=O)NC(=O)[C@@H](CNC(=O)C[C@@H]3N=C(c4ccc(Cl)cc4)c4c(sc(C)c4C)-n4c(C)nnc43)NC(=O)CNC2=O)cc1. The van der Waals surface area contributed by atoms with Crippen molar-refractivity contribution in [3.05, 3.63) is 104 Å². The Labute approximate surface area is 461 Å². The Hall–Kier alpha value is -7.02. The van der Waals surface area contributed by atoms with Gasteiger partial charge < -0.3 is 42.5 Å². The van der Waals surface area contributed by atoms with E-state index in [-0.39, 0.29) is 30.9 Å². The highest BCUT2D eigenvalue weighted by Crippen LogP contribution is 2.40. The average Bonchev–Trinajstić information content (AvgIpc) is 4.24. The number of thiophene rings is 1. The summed E-state index contributed by atoms with van der Waals surface area (Å²) in [5.41, 5.74) is 11.9. The molecule has 3 aliphatic rings. The lowest BCUT2D eigenvalue weighted by Crippen LogP contribution is -2.58. The van der Waals surface area contributed by atoms with Crippen LogP contribution in [-0.2, 0) is 38.4 Å². The zero-order chi connectivity index (χ0) is 55.5. The van der Waals surface area contributed by atoms with Crippen LogP contribution in [0.5, 0.6) is 0 Å². The number of primary amides is 1. The minimum absolute atomic E-state index is 0.188. The molecule has 0 bridgehead atoms. The summed E-state index contributed by atoms with van der Waals surface area (Å²) in [6.07, 6.45) is 0.479. The molecular weight excluding hydrogens is 1070 g/mol. The topological polar surface area (TPSA) is 294 Å². The monoisotopic (exact) mass is 1130 g/mol. The first-order valence-electron chi connectivity index (χ1n) is 24.9. The highest BCUT2D eigenvalue weighted by Gasteiger charge is 2.43. The van der Waals surface area contributed by atoms with Crippen LogP contribution < -0.4 is 37.6 Å². The van der Waals surface area contributed by atoms with Crippen molar-refractivity contribution in [2.75, 3.05) is 31.1 Å². The lowest BCUT2D eigenvalue weighted by Gasteiger charge is -2.35. The first kappa shape index (κ1) is 56.2. The predicted molar refractivity (Wildman–Crippen MR) is 294 cm³/mol. The van der Waals surface area contributed by atoms with Gasteiger partial charge in [0.15, 0.2) is 5.82 Å². The number of nitrogens with two attached hydrogens (primary N) is 1. The number of aliphatic imine (C=N–C) groups is 1. The van der Waals surface area contributed by atoms with E-state index in [9.17, 15) is 38.4 Å². The fourth-order valence-electron chi connectivity index (χ4n) is 9.32. The van der Waals surface area contributed by atoms with Gasteiger partial charge in [-0.1, -0.05) is 68.8 Å². The second-order valence-corrected chi connectivity index (χ2v) is 23.6. The van der Waals surface area contributed by atoms with Gasteiger partial charge in [0.25, 0.3) is 0 Å². The minimum Gasteiger partial charge on any atom is -0.368 e. The Kier molecular flexibility index (Phi) is 17.3. The number of halogens is 1. The predicted octanol–water partition coefficient (Wildman–Crippen LogP) is 3.44. The summed E-state index contributed by atoms with van der Waals surface area (Å²) in [6, 6.07) is 6.86. The molecule has 3 aliphatic heterocycles. The molecule has 8 rings (SSSR count). The Morgan fingerprint density at radius 3 is 2.26 bits per heavy atom.